The molecule has 0 spiro atoms. The third kappa shape index (κ3) is 23.6. The Balaban J connectivity index is 0. The van der Waals surface area contributed by atoms with Gasteiger partial charge in [-0.1, -0.05) is 6.42 Å². The lowest BCUT2D eigenvalue weighted by Gasteiger charge is -2.06. The lowest BCUT2D eigenvalue weighted by Crippen LogP contribution is -2.35. The second-order valence-corrected chi connectivity index (χ2v) is 5.06. The van der Waals surface area contributed by atoms with E-state index in [0.717, 1.165) is 52.1 Å². The van der Waals surface area contributed by atoms with Gasteiger partial charge in [0.05, 0.1) is 0 Å². The number of unbranched alkanes of at least 4 members (excludes halogenated alkanes) is 1. The van der Waals surface area contributed by atoms with Gasteiger partial charge in [-0.15, -0.1) is 0 Å². The quantitative estimate of drug-likeness (QED) is 0.147. The Morgan fingerprint density at radius 2 is 1.22 bits per heavy atom. The van der Waals surface area contributed by atoms with Crippen LogP contribution in [0.2, 0.25) is 0 Å². The second kappa shape index (κ2) is 21.2. The summed E-state index contributed by atoms with van der Waals surface area (Å²) in [5.74, 6) is -0.933. The summed E-state index contributed by atoms with van der Waals surface area (Å²) in [6.45, 7) is 7.75. The molecule has 0 fully saturated rings. The highest BCUT2D eigenvalue weighted by Gasteiger charge is 2.09. The topological polar surface area (TPSA) is 177 Å². The van der Waals surface area contributed by atoms with Crippen molar-refractivity contribution in [3.8, 4) is 0 Å². The van der Waals surface area contributed by atoms with Gasteiger partial charge in [0.25, 0.3) is 0 Å². The van der Waals surface area contributed by atoms with Crippen molar-refractivity contribution in [3.63, 3.8) is 0 Å². The molecule has 9 heteroatoms. The van der Waals surface area contributed by atoms with Crippen molar-refractivity contribution < 1.29 is 9.90 Å². The van der Waals surface area contributed by atoms with Gasteiger partial charge in [-0.2, -0.15) is 0 Å². The number of carbonyl (C=O) groups is 1. The van der Waals surface area contributed by atoms with Crippen LogP contribution < -0.4 is 38.9 Å². The first kappa shape index (κ1) is 24.4. The minimum Gasteiger partial charge on any atom is -0.480 e. The zero-order valence-corrected chi connectivity index (χ0v) is 14.2. The molecule has 0 aromatic heterocycles. The molecule has 0 heterocycles. The fourth-order valence-electron chi connectivity index (χ4n) is 1.56. The molecule has 23 heavy (non-hydrogen) atoms. The Bertz CT molecular complexity index is 235. The molecule has 0 unspecified atom stereocenters. The number of nitrogens with one attached hydrogen (secondary N) is 3. The molecular weight excluding hydrogens is 298 g/mol. The molecule has 0 radical (unpaired) electrons. The first-order valence-electron chi connectivity index (χ1n) is 8.30. The number of hydrogen-bond acceptors (Lipinski definition) is 8. The number of rotatable bonds is 15. The van der Waals surface area contributed by atoms with Crippen LogP contribution in [0.1, 0.15) is 19.3 Å². The Hall–Kier alpha value is -0.810. The van der Waals surface area contributed by atoms with Crippen molar-refractivity contribution in [2.45, 2.75) is 25.3 Å². The van der Waals surface area contributed by atoms with Crippen molar-refractivity contribution >= 4 is 5.97 Å². The van der Waals surface area contributed by atoms with Crippen LogP contribution in [0.25, 0.3) is 0 Å². The van der Waals surface area contributed by atoms with Crippen LogP contribution in [-0.2, 0) is 4.79 Å². The summed E-state index contributed by atoms with van der Waals surface area (Å²) in [4.78, 5) is 10.1. The van der Waals surface area contributed by atoms with Gasteiger partial charge in [-0.3, -0.25) is 4.79 Å². The second-order valence-electron chi connectivity index (χ2n) is 5.06. The molecule has 0 aliphatic heterocycles. The SMILES string of the molecule is NCCCC[C@H](N)C(=O)O.NCCNCCNCCNCCN. The van der Waals surface area contributed by atoms with Crippen LogP contribution >= 0.6 is 0 Å². The van der Waals surface area contributed by atoms with Crippen LogP contribution in [0.5, 0.6) is 0 Å². The average molecular weight is 335 g/mol. The number of aliphatic carboxylic acids is 1. The molecular formula is C14H37N7O2. The zero-order chi connectivity index (χ0) is 17.8. The number of carboxylic acids is 1. The summed E-state index contributed by atoms with van der Waals surface area (Å²) in [5.41, 5.74) is 21.1. The molecule has 0 bridgehead atoms. The lowest BCUT2D eigenvalue weighted by atomic mass is 10.1. The summed E-state index contributed by atoms with van der Waals surface area (Å²) in [6, 6.07) is -0.716. The molecule has 9 nitrogen and oxygen atoms in total. The highest BCUT2D eigenvalue weighted by atomic mass is 16.4. The number of nitrogens with two attached hydrogens (primary N) is 4. The van der Waals surface area contributed by atoms with E-state index < -0.39 is 12.0 Å². The summed E-state index contributed by atoms with van der Waals surface area (Å²) in [7, 11) is 0. The standard InChI is InChI=1S/C8H23N5.C6H14N2O2/c9-1-3-11-5-7-13-8-6-12-4-2-10;7-4-2-1-3-5(8)6(9)10/h11-13H,1-10H2;5H,1-4,7-8H2,(H,9,10)/t;5-/m.0/s1. The molecule has 0 aromatic carbocycles. The van der Waals surface area contributed by atoms with Crippen LogP contribution in [-0.4, -0.2) is 76.0 Å². The zero-order valence-electron chi connectivity index (χ0n) is 14.2. The maximum Gasteiger partial charge on any atom is 0.320 e. The summed E-state index contributed by atoms with van der Waals surface area (Å²) >= 11 is 0. The van der Waals surface area contributed by atoms with Crippen LogP contribution in [0.3, 0.4) is 0 Å². The van der Waals surface area contributed by atoms with E-state index in [0.29, 0.717) is 26.1 Å². The van der Waals surface area contributed by atoms with Gasteiger partial charge >= 0.3 is 5.97 Å². The molecule has 0 aliphatic rings. The fourth-order valence-corrected chi connectivity index (χ4v) is 1.56. The predicted octanol–water partition coefficient (Wildman–Crippen LogP) is -2.80. The van der Waals surface area contributed by atoms with Gasteiger partial charge in [0.2, 0.25) is 0 Å². The van der Waals surface area contributed by atoms with Crippen LogP contribution in [0.4, 0.5) is 0 Å². The highest BCUT2D eigenvalue weighted by molar-refractivity contribution is 5.72. The maximum atomic E-state index is 10.1. The number of hydrogen-bond donors (Lipinski definition) is 8. The van der Waals surface area contributed by atoms with Gasteiger partial charge in [-0.05, 0) is 19.4 Å². The summed E-state index contributed by atoms with van der Waals surface area (Å²) in [6.07, 6.45) is 2.16. The summed E-state index contributed by atoms with van der Waals surface area (Å²) in [5, 5.41) is 18.0. The Kier molecular flexibility index (Phi) is 22.5. The van der Waals surface area contributed by atoms with E-state index in [9.17, 15) is 4.79 Å². The Morgan fingerprint density at radius 1 is 0.783 bits per heavy atom. The molecule has 0 aromatic rings. The molecule has 0 rings (SSSR count). The van der Waals surface area contributed by atoms with E-state index >= 15 is 0 Å². The normalized spacial score (nSPS) is 11.7. The first-order valence-corrected chi connectivity index (χ1v) is 8.30. The van der Waals surface area contributed by atoms with Gasteiger partial charge in [0, 0.05) is 52.4 Å². The average Bonchev–Trinajstić information content (AvgIpc) is 2.54. The van der Waals surface area contributed by atoms with Crippen LogP contribution in [0.15, 0.2) is 0 Å². The van der Waals surface area contributed by atoms with Gasteiger partial charge in [-0.25, -0.2) is 0 Å². The van der Waals surface area contributed by atoms with Crippen molar-refractivity contribution in [2.75, 3.05) is 58.9 Å². The minimum atomic E-state index is -0.933. The molecule has 1 atom stereocenters. The van der Waals surface area contributed by atoms with Crippen molar-refractivity contribution in [1.29, 1.82) is 0 Å². The highest BCUT2D eigenvalue weighted by Crippen LogP contribution is 1.96. The van der Waals surface area contributed by atoms with Gasteiger partial charge in [0.15, 0.2) is 0 Å². The van der Waals surface area contributed by atoms with E-state index in [1.165, 1.54) is 0 Å². The van der Waals surface area contributed by atoms with E-state index in [2.05, 4.69) is 16.0 Å². The maximum absolute atomic E-state index is 10.1. The first-order chi connectivity index (χ1) is 11.1. The molecule has 0 saturated carbocycles. The van der Waals surface area contributed by atoms with Crippen molar-refractivity contribution in [2.24, 2.45) is 22.9 Å². The fraction of sp³-hybridized carbons (Fsp3) is 0.929. The number of carboxylic acid groups (broad SMARTS) is 1. The molecule has 0 aliphatic carbocycles. The smallest absolute Gasteiger partial charge is 0.320 e. The molecule has 0 saturated heterocycles. The van der Waals surface area contributed by atoms with Crippen molar-refractivity contribution in [1.82, 2.24) is 16.0 Å². The Labute approximate surface area is 139 Å². The van der Waals surface area contributed by atoms with Crippen LogP contribution in [0, 0.1) is 0 Å². The van der Waals surface area contributed by atoms with E-state index in [4.69, 9.17) is 28.0 Å². The minimum absolute atomic E-state index is 0.520. The van der Waals surface area contributed by atoms with Crippen molar-refractivity contribution in [3.05, 3.63) is 0 Å². The van der Waals surface area contributed by atoms with E-state index in [1.807, 2.05) is 0 Å². The lowest BCUT2D eigenvalue weighted by molar-refractivity contribution is -0.138. The predicted molar refractivity (Wildman–Crippen MR) is 95.2 cm³/mol. The molecule has 0 amide bonds. The van der Waals surface area contributed by atoms with E-state index in [1.54, 1.807) is 0 Å². The molecule has 12 N–H and O–H groups in total. The van der Waals surface area contributed by atoms with Gasteiger partial charge in [0.1, 0.15) is 6.04 Å². The monoisotopic (exact) mass is 335 g/mol. The molecule has 140 valence electrons. The third-order valence-corrected chi connectivity index (χ3v) is 2.89. The summed E-state index contributed by atoms with van der Waals surface area (Å²) < 4.78 is 0. The largest absolute Gasteiger partial charge is 0.480 e. The van der Waals surface area contributed by atoms with Gasteiger partial charge < -0.3 is 44.0 Å². The Morgan fingerprint density at radius 3 is 1.57 bits per heavy atom. The van der Waals surface area contributed by atoms with E-state index in [-0.39, 0.29) is 0 Å². The third-order valence-electron chi connectivity index (χ3n) is 2.89.